The first kappa shape index (κ1) is 8.72. The van der Waals surface area contributed by atoms with Crippen molar-refractivity contribution in [2.45, 2.75) is 18.9 Å². The largest absolute Gasteiger partial charge is 0.375 e. The van der Waals surface area contributed by atoms with Gasteiger partial charge < -0.3 is 10.1 Å². The lowest BCUT2D eigenvalue weighted by molar-refractivity contribution is -0.0508. The van der Waals surface area contributed by atoms with E-state index in [1.807, 2.05) is 6.92 Å². The molecule has 13 heavy (non-hydrogen) atoms. The Bertz CT molecular complexity index is 285. The quantitative estimate of drug-likeness (QED) is 0.702. The summed E-state index contributed by atoms with van der Waals surface area (Å²) in [6, 6.07) is 2.07. The number of aryl methyl sites for hydroxylation is 1. The monoisotopic (exact) mass is 181 g/mol. The minimum atomic E-state index is -0.0123. The van der Waals surface area contributed by atoms with Gasteiger partial charge in [-0.15, -0.1) is 0 Å². The van der Waals surface area contributed by atoms with Crippen LogP contribution in [0.2, 0.25) is 0 Å². The van der Waals surface area contributed by atoms with Gasteiger partial charge in [-0.05, 0) is 13.0 Å². The van der Waals surface area contributed by atoms with E-state index in [0.717, 1.165) is 30.9 Å². The first-order valence-corrected chi connectivity index (χ1v) is 4.51. The zero-order chi connectivity index (χ0) is 9.31. The maximum atomic E-state index is 5.47. The predicted octanol–water partition coefficient (Wildman–Crippen LogP) is 0.249. The number of hydrogen-bond donors (Lipinski definition) is 2. The molecule has 0 spiro atoms. The van der Waals surface area contributed by atoms with Crippen LogP contribution in [-0.4, -0.2) is 36.0 Å². The number of nitrogens with one attached hydrogen (secondary N) is 2. The Morgan fingerprint density at radius 2 is 2.38 bits per heavy atom. The first-order valence-electron chi connectivity index (χ1n) is 4.51. The van der Waals surface area contributed by atoms with Crippen molar-refractivity contribution in [2.75, 3.05) is 20.2 Å². The van der Waals surface area contributed by atoms with E-state index < -0.39 is 0 Å². The maximum absolute atomic E-state index is 5.47. The van der Waals surface area contributed by atoms with E-state index in [-0.39, 0.29) is 5.60 Å². The molecule has 0 unspecified atom stereocenters. The SMILES string of the molecule is COC1(Cc2cc(C)[nH]n2)CNC1. The minimum absolute atomic E-state index is 0.0123. The molecule has 1 aliphatic heterocycles. The van der Waals surface area contributed by atoms with Gasteiger partial charge in [-0.3, -0.25) is 5.10 Å². The average Bonchev–Trinajstić information content (AvgIpc) is 2.44. The third-order valence-electron chi connectivity index (χ3n) is 2.59. The molecule has 0 bridgehead atoms. The number of nitrogens with zero attached hydrogens (tertiary/aromatic N) is 1. The molecular formula is C9H15N3O. The second kappa shape index (κ2) is 3.12. The molecule has 1 aromatic heterocycles. The topological polar surface area (TPSA) is 49.9 Å². The molecule has 0 atom stereocenters. The Kier molecular flexibility index (Phi) is 2.09. The van der Waals surface area contributed by atoms with Gasteiger partial charge in [-0.25, -0.2) is 0 Å². The molecule has 4 nitrogen and oxygen atoms in total. The molecule has 1 saturated heterocycles. The highest BCUT2D eigenvalue weighted by Crippen LogP contribution is 2.20. The van der Waals surface area contributed by atoms with Gasteiger partial charge in [0, 0.05) is 32.3 Å². The third-order valence-corrected chi connectivity index (χ3v) is 2.59. The fourth-order valence-corrected chi connectivity index (χ4v) is 1.64. The van der Waals surface area contributed by atoms with Crippen LogP contribution >= 0.6 is 0 Å². The van der Waals surface area contributed by atoms with E-state index in [9.17, 15) is 0 Å². The van der Waals surface area contributed by atoms with E-state index in [1.165, 1.54) is 0 Å². The van der Waals surface area contributed by atoms with Crippen molar-refractivity contribution in [2.24, 2.45) is 0 Å². The summed E-state index contributed by atoms with van der Waals surface area (Å²) in [5.41, 5.74) is 2.18. The molecule has 1 aromatic rings. The van der Waals surface area contributed by atoms with Gasteiger partial charge in [0.1, 0.15) is 0 Å². The normalized spacial score (nSPS) is 19.8. The van der Waals surface area contributed by atoms with Crippen molar-refractivity contribution in [3.05, 3.63) is 17.5 Å². The van der Waals surface area contributed by atoms with Crippen LogP contribution in [-0.2, 0) is 11.2 Å². The molecule has 1 fully saturated rings. The minimum Gasteiger partial charge on any atom is -0.375 e. The number of aromatic amines is 1. The summed E-state index contributed by atoms with van der Waals surface area (Å²) in [6.07, 6.45) is 0.890. The van der Waals surface area contributed by atoms with Crippen molar-refractivity contribution in [3.63, 3.8) is 0 Å². The van der Waals surface area contributed by atoms with Crippen LogP contribution in [0.15, 0.2) is 6.07 Å². The van der Waals surface area contributed by atoms with Crippen LogP contribution in [0.25, 0.3) is 0 Å². The Balaban J connectivity index is 2.04. The van der Waals surface area contributed by atoms with Gasteiger partial charge in [0.25, 0.3) is 0 Å². The summed E-state index contributed by atoms with van der Waals surface area (Å²) in [5.74, 6) is 0. The van der Waals surface area contributed by atoms with E-state index in [4.69, 9.17) is 4.74 Å². The summed E-state index contributed by atoms with van der Waals surface area (Å²) in [5, 5.41) is 10.4. The second-order valence-corrected chi connectivity index (χ2v) is 3.71. The van der Waals surface area contributed by atoms with Crippen molar-refractivity contribution in [1.82, 2.24) is 15.5 Å². The molecule has 2 rings (SSSR count). The lowest BCUT2D eigenvalue weighted by Gasteiger charge is -2.40. The van der Waals surface area contributed by atoms with Gasteiger partial charge in [0.05, 0.1) is 11.3 Å². The highest BCUT2D eigenvalue weighted by molar-refractivity contribution is 5.12. The zero-order valence-corrected chi connectivity index (χ0v) is 8.05. The van der Waals surface area contributed by atoms with Crippen molar-refractivity contribution in [1.29, 1.82) is 0 Å². The summed E-state index contributed by atoms with van der Waals surface area (Å²) in [4.78, 5) is 0. The van der Waals surface area contributed by atoms with Crippen LogP contribution in [0.5, 0.6) is 0 Å². The van der Waals surface area contributed by atoms with Crippen LogP contribution in [0.1, 0.15) is 11.4 Å². The molecular weight excluding hydrogens is 166 g/mol. The summed E-state index contributed by atoms with van der Waals surface area (Å²) in [7, 11) is 1.76. The van der Waals surface area contributed by atoms with E-state index in [1.54, 1.807) is 7.11 Å². The molecule has 0 aromatic carbocycles. The Morgan fingerprint density at radius 1 is 1.62 bits per heavy atom. The lowest BCUT2D eigenvalue weighted by atomic mass is 9.91. The van der Waals surface area contributed by atoms with E-state index in [0.29, 0.717) is 0 Å². The van der Waals surface area contributed by atoms with Crippen LogP contribution < -0.4 is 5.32 Å². The summed E-state index contributed by atoms with van der Waals surface area (Å²) < 4.78 is 5.47. The maximum Gasteiger partial charge on any atom is 0.0981 e. The number of H-pyrrole nitrogens is 1. The van der Waals surface area contributed by atoms with Gasteiger partial charge in [0.15, 0.2) is 0 Å². The van der Waals surface area contributed by atoms with Gasteiger partial charge in [-0.2, -0.15) is 5.10 Å². The molecule has 72 valence electrons. The van der Waals surface area contributed by atoms with Crippen LogP contribution in [0.3, 0.4) is 0 Å². The van der Waals surface area contributed by atoms with Crippen molar-refractivity contribution >= 4 is 0 Å². The first-order chi connectivity index (χ1) is 6.24. The fourth-order valence-electron chi connectivity index (χ4n) is 1.64. The van der Waals surface area contributed by atoms with Crippen LogP contribution in [0.4, 0.5) is 0 Å². The molecule has 0 radical (unpaired) electrons. The smallest absolute Gasteiger partial charge is 0.0981 e. The Hall–Kier alpha value is -0.870. The number of rotatable bonds is 3. The van der Waals surface area contributed by atoms with Crippen molar-refractivity contribution in [3.8, 4) is 0 Å². The molecule has 0 aliphatic carbocycles. The molecule has 4 heteroatoms. The standard InChI is InChI=1S/C9H15N3O/c1-7-3-8(12-11-7)4-9(13-2)5-10-6-9/h3,10H,4-6H2,1-2H3,(H,11,12). The number of aromatic nitrogens is 2. The Morgan fingerprint density at radius 3 is 2.77 bits per heavy atom. The molecule has 2 N–H and O–H groups in total. The van der Waals surface area contributed by atoms with Crippen LogP contribution in [0, 0.1) is 6.92 Å². The van der Waals surface area contributed by atoms with E-state index in [2.05, 4.69) is 21.6 Å². The second-order valence-electron chi connectivity index (χ2n) is 3.71. The summed E-state index contributed by atoms with van der Waals surface area (Å²) >= 11 is 0. The molecule has 2 heterocycles. The average molecular weight is 181 g/mol. The molecule has 1 aliphatic rings. The number of hydrogen-bond acceptors (Lipinski definition) is 3. The zero-order valence-electron chi connectivity index (χ0n) is 8.05. The Labute approximate surface area is 77.7 Å². The summed E-state index contributed by atoms with van der Waals surface area (Å²) in [6.45, 7) is 3.86. The lowest BCUT2D eigenvalue weighted by Crippen LogP contribution is -2.61. The van der Waals surface area contributed by atoms with Gasteiger partial charge >= 0.3 is 0 Å². The fraction of sp³-hybridized carbons (Fsp3) is 0.667. The number of methoxy groups -OCH3 is 1. The third kappa shape index (κ3) is 1.59. The van der Waals surface area contributed by atoms with Crippen molar-refractivity contribution < 1.29 is 4.74 Å². The van der Waals surface area contributed by atoms with Gasteiger partial charge in [0.2, 0.25) is 0 Å². The number of ether oxygens (including phenoxy) is 1. The predicted molar refractivity (Wildman–Crippen MR) is 49.6 cm³/mol. The molecule has 0 amide bonds. The highest BCUT2D eigenvalue weighted by atomic mass is 16.5. The van der Waals surface area contributed by atoms with E-state index >= 15 is 0 Å². The van der Waals surface area contributed by atoms with Gasteiger partial charge in [-0.1, -0.05) is 0 Å². The molecule has 0 saturated carbocycles. The highest BCUT2D eigenvalue weighted by Gasteiger charge is 2.37.